The van der Waals surface area contributed by atoms with Crippen molar-refractivity contribution in [1.29, 1.82) is 0 Å². The molecule has 0 atom stereocenters. The van der Waals surface area contributed by atoms with E-state index in [1.54, 1.807) is 43.3 Å². The van der Waals surface area contributed by atoms with Gasteiger partial charge in [0.2, 0.25) is 0 Å². The third-order valence-corrected chi connectivity index (χ3v) is 7.80. The van der Waals surface area contributed by atoms with Crippen LogP contribution >= 0.6 is 0 Å². The third kappa shape index (κ3) is 7.38. The van der Waals surface area contributed by atoms with Gasteiger partial charge in [0.25, 0.3) is 15.9 Å². The van der Waals surface area contributed by atoms with E-state index in [4.69, 9.17) is 18.6 Å². The Morgan fingerprint density at radius 3 is 2.30 bits per heavy atom. The number of rotatable bonds is 12. The minimum Gasteiger partial charge on any atom is -0.493 e. The van der Waals surface area contributed by atoms with E-state index in [9.17, 15) is 22.4 Å². The molecule has 0 fully saturated rings. The minimum atomic E-state index is -4.32. The molecule has 13 heteroatoms. The van der Waals surface area contributed by atoms with Gasteiger partial charge in [-0.2, -0.15) is 5.10 Å². The highest BCUT2D eigenvalue weighted by atomic mass is 32.2. The quantitative estimate of drug-likeness (QED) is 0.140. The Labute approximate surface area is 247 Å². The first-order valence-corrected chi connectivity index (χ1v) is 14.3. The van der Waals surface area contributed by atoms with Crippen molar-refractivity contribution in [3.63, 3.8) is 0 Å². The molecule has 0 aliphatic rings. The maximum absolute atomic E-state index is 13.6. The zero-order valence-electron chi connectivity index (χ0n) is 23.4. The van der Waals surface area contributed by atoms with Gasteiger partial charge in [0.15, 0.2) is 11.5 Å². The van der Waals surface area contributed by atoms with Gasteiger partial charge in [0.1, 0.15) is 23.9 Å². The second-order valence-electron chi connectivity index (χ2n) is 8.80. The summed E-state index contributed by atoms with van der Waals surface area (Å²) in [5.74, 6) is -0.488. The Morgan fingerprint density at radius 1 is 0.953 bits per heavy atom. The lowest BCUT2D eigenvalue weighted by molar-refractivity contribution is -0.119. The lowest BCUT2D eigenvalue weighted by Crippen LogP contribution is -2.39. The van der Waals surface area contributed by atoms with Gasteiger partial charge in [-0.3, -0.25) is 9.10 Å². The van der Waals surface area contributed by atoms with Gasteiger partial charge in [-0.15, -0.1) is 0 Å². The number of hydrogen-bond acceptors (Lipinski definition) is 9. The zero-order chi connectivity index (χ0) is 31.0. The van der Waals surface area contributed by atoms with Crippen LogP contribution in [0.25, 0.3) is 11.3 Å². The maximum Gasteiger partial charge on any atom is 0.338 e. The molecule has 3 aromatic carbocycles. The molecule has 4 aromatic rings. The number of carbonyl (C=O) groups is 2. The van der Waals surface area contributed by atoms with Crippen LogP contribution in [0, 0.1) is 5.82 Å². The molecule has 0 saturated carbocycles. The number of sulfonamides is 1. The van der Waals surface area contributed by atoms with Gasteiger partial charge in [-0.1, -0.05) is 12.1 Å². The maximum atomic E-state index is 13.6. The van der Waals surface area contributed by atoms with Crippen LogP contribution in [0.3, 0.4) is 0 Å². The lowest BCUT2D eigenvalue weighted by Gasteiger charge is -2.24. The summed E-state index contributed by atoms with van der Waals surface area (Å²) in [6.07, 6.45) is 1.25. The number of benzene rings is 3. The van der Waals surface area contributed by atoms with Gasteiger partial charge >= 0.3 is 5.97 Å². The summed E-state index contributed by atoms with van der Waals surface area (Å²) < 4.78 is 62.8. The van der Waals surface area contributed by atoms with E-state index in [-0.39, 0.29) is 22.9 Å². The highest BCUT2D eigenvalue weighted by Gasteiger charge is 2.28. The largest absolute Gasteiger partial charge is 0.493 e. The minimum absolute atomic E-state index is 0.0555. The summed E-state index contributed by atoms with van der Waals surface area (Å²) in [6.45, 7) is 1.33. The molecule has 0 unspecified atom stereocenters. The number of nitrogens with one attached hydrogen (secondary N) is 1. The molecule has 4 rings (SSSR count). The van der Waals surface area contributed by atoms with Crippen LogP contribution in [0.2, 0.25) is 0 Å². The number of furan rings is 1. The Hall–Kier alpha value is -5.17. The number of ether oxygens (including phenoxy) is 3. The summed E-state index contributed by atoms with van der Waals surface area (Å²) in [5.41, 5.74) is 3.45. The number of amides is 1. The van der Waals surface area contributed by atoms with Gasteiger partial charge in [-0.25, -0.2) is 23.0 Å². The molecule has 0 radical (unpaired) electrons. The molecule has 0 aliphatic heterocycles. The lowest BCUT2D eigenvalue weighted by atomic mass is 10.1. The molecule has 1 N–H and O–H groups in total. The first-order chi connectivity index (χ1) is 20.7. The number of nitrogens with zero attached hydrogens (tertiary/aromatic N) is 2. The Balaban J connectivity index is 1.48. The van der Waals surface area contributed by atoms with E-state index >= 15 is 0 Å². The fraction of sp³-hybridized carbons (Fsp3) is 0.167. The molecule has 0 bridgehead atoms. The van der Waals surface area contributed by atoms with Crippen LogP contribution < -0.4 is 19.2 Å². The Bertz CT molecular complexity index is 1720. The van der Waals surface area contributed by atoms with Crippen LogP contribution in [0.4, 0.5) is 10.1 Å². The highest BCUT2D eigenvalue weighted by molar-refractivity contribution is 7.92. The highest BCUT2D eigenvalue weighted by Crippen LogP contribution is 2.32. The van der Waals surface area contributed by atoms with E-state index < -0.39 is 34.3 Å². The van der Waals surface area contributed by atoms with Crippen molar-refractivity contribution in [1.82, 2.24) is 5.43 Å². The van der Waals surface area contributed by atoms with Crippen molar-refractivity contribution in [2.24, 2.45) is 5.10 Å². The molecular formula is C30H28FN3O8S. The van der Waals surface area contributed by atoms with Crippen molar-refractivity contribution in [3.8, 4) is 22.8 Å². The van der Waals surface area contributed by atoms with E-state index in [1.807, 2.05) is 0 Å². The normalized spacial score (nSPS) is 11.3. The summed E-state index contributed by atoms with van der Waals surface area (Å²) in [4.78, 5) is 24.5. The van der Waals surface area contributed by atoms with Crippen molar-refractivity contribution in [3.05, 3.63) is 96.0 Å². The monoisotopic (exact) mass is 609 g/mol. The van der Waals surface area contributed by atoms with E-state index in [0.717, 1.165) is 16.4 Å². The molecule has 1 amide bonds. The summed E-state index contributed by atoms with van der Waals surface area (Å²) in [6, 6.07) is 18.6. The topological polar surface area (TPSA) is 137 Å². The number of esters is 1. The van der Waals surface area contributed by atoms with Crippen molar-refractivity contribution >= 4 is 33.8 Å². The zero-order valence-corrected chi connectivity index (χ0v) is 24.3. The van der Waals surface area contributed by atoms with Gasteiger partial charge in [0.05, 0.1) is 43.2 Å². The third-order valence-electron chi connectivity index (χ3n) is 6.03. The smallest absolute Gasteiger partial charge is 0.338 e. The van der Waals surface area contributed by atoms with Gasteiger partial charge < -0.3 is 18.6 Å². The molecule has 43 heavy (non-hydrogen) atoms. The number of methoxy groups -OCH3 is 2. The Kier molecular flexibility index (Phi) is 9.78. The number of hydrazone groups is 1. The number of hydrogen-bond donors (Lipinski definition) is 1. The van der Waals surface area contributed by atoms with E-state index in [2.05, 4.69) is 10.5 Å². The summed E-state index contributed by atoms with van der Waals surface area (Å²) >= 11 is 0. The molecule has 224 valence electrons. The second kappa shape index (κ2) is 13.7. The van der Waals surface area contributed by atoms with Crippen LogP contribution in [-0.2, 0) is 19.6 Å². The Morgan fingerprint density at radius 2 is 1.65 bits per heavy atom. The van der Waals surface area contributed by atoms with E-state index in [1.165, 1.54) is 50.8 Å². The van der Waals surface area contributed by atoms with Crippen molar-refractivity contribution in [2.75, 3.05) is 31.7 Å². The van der Waals surface area contributed by atoms with Crippen LogP contribution in [0.15, 0.2) is 93.3 Å². The average Bonchev–Trinajstić information content (AvgIpc) is 3.49. The van der Waals surface area contributed by atoms with Gasteiger partial charge in [0, 0.05) is 11.6 Å². The predicted molar refractivity (Wildman–Crippen MR) is 156 cm³/mol. The molecule has 1 heterocycles. The fourth-order valence-corrected chi connectivity index (χ4v) is 5.36. The number of halogens is 1. The number of anilines is 1. The molecule has 0 saturated heterocycles. The van der Waals surface area contributed by atoms with Crippen molar-refractivity contribution < 1.29 is 41.0 Å². The SMILES string of the molecule is CCOC(=O)c1ccc(-c2ccc(/C=N\NC(=O)CN(c3ccc(F)cc3)S(=O)(=O)c3ccc(OC)c(OC)c3)o2)cc1. The first kappa shape index (κ1) is 30.8. The summed E-state index contributed by atoms with van der Waals surface area (Å²) in [5, 5.41) is 3.87. The van der Waals surface area contributed by atoms with Crippen LogP contribution in [0.1, 0.15) is 23.0 Å². The molecule has 0 spiro atoms. The predicted octanol–water partition coefficient (Wildman–Crippen LogP) is 4.63. The second-order valence-corrected chi connectivity index (χ2v) is 10.7. The fourth-order valence-electron chi connectivity index (χ4n) is 3.92. The van der Waals surface area contributed by atoms with Crippen LogP contribution in [-0.4, -0.2) is 53.9 Å². The van der Waals surface area contributed by atoms with Gasteiger partial charge in [-0.05, 0) is 67.6 Å². The first-order valence-electron chi connectivity index (χ1n) is 12.9. The molecule has 11 nitrogen and oxygen atoms in total. The molecule has 0 aliphatic carbocycles. The summed E-state index contributed by atoms with van der Waals surface area (Å²) in [7, 11) is -1.55. The standard InChI is InChI=1S/C30H28FN3O8S/c1-4-41-30(36)21-7-5-20(6-8-21)26-15-13-24(42-26)18-32-33-29(35)19-34(23-11-9-22(31)10-12-23)43(37,38)25-14-16-27(39-2)28(17-25)40-3/h5-18H,4,19H2,1-3H3,(H,33,35)/b32-18-. The average molecular weight is 610 g/mol. The molecule has 1 aromatic heterocycles. The molecular weight excluding hydrogens is 581 g/mol. The van der Waals surface area contributed by atoms with Crippen LogP contribution in [0.5, 0.6) is 11.5 Å². The van der Waals surface area contributed by atoms with Crippen molar-refractivity contribution in [2.45, 2.75) is 11.8 Å². The van der Waals surface area contributed by atoms with E-state index in [0.29, 0.717) is 28.4 Å². The number of carbonyl (C=O) groups excluding carboxylic acids is 2.